The van der Waals surface area contributed by atoms with Gasteiger partial charge in [-0.05, 0) is 128 Å². The van der Waals surface area contributed by atoms with Crippen molar-refractivity contribution >= 4 is 46.6 Å². The summed E-state index contributed by atoms with van der Waals surface area (Å²) < 4.78 is 16.8. The van der Waals surface area contributed by atoms with Gasteiger partial charge in [0.05, 0.1) is 25.6 Å². The quantitative estimate of drug-likeness (QED) is 0.119. The van der Waals surface area contributed by atoms with Gasteiger partial charge in [0.1, 0.15) is 29.4 Å². The van der Waals surface area contributed by atoms with Gasteiger partial charge in [0.2, 0.25) is 0 Å². The van der Waals surface area contributed by atoms with Crippen molar-refractivity contribution in [3.05, 3.63) is 118 Å². The van der Waals surface area contributed by atoms with Crippen LogP contribution in [0.25, 0.3) is 6.08 Å². The molecule has 5 rings (SSSR count). The van der Waals surface area contributed by atoms with Crippen molar-refractivity contribution in [3.63, 3.8) is 0 Å². The molecule has 0 unspecified atom stereocenters. The molecule has 0 radical (unpaired) electrons. The molecular weight excluding hydrogens is 572 g/mol. The Labute approximate surface area is 263 Å². The molecule has 44 heavy (non-hydrogen) atoms. The van der Waals surface area contributed by atoms with E-state index in [2.05, 4.69) is 0 Å². The molecule has 1 heterocycles. The lowest BCUT2D eigenvalue weighted by molar-refractivity contribution is -0.120. The highest BCUT2D eigenvalue weighted by Gasteiger charge is 2.41. The lowest BCUT2D eigenvalue weighted by atomic mass is 10.0. The van der Waals surface area contributed by atoms with Crippen LogP contribution in [0.3, 0.4) is 0 Å². The third-order valence-electron chi connectivity index (χ3n) is 7.82. The molecule has 2 amide bonds. The van der Waals surface area contributed by atoms with Gasteiger partial charge in [-0.25, -0.2) is 0 Å². The summed E-state index contributed by atoms with van der Waals surface area (Å²) in [5, 5.41) is 0.111. The first kappa shape index (κ1) is 30.5. The van der Waals surface area contributed by atoms with Gasteiger partial charge >= 0.3 is 0 Å². The average molecular weight is 607 g/mol. The van der Waals surface area contributed by atoms with Crippen LogP contribution in [0.1, 0.15) is 33.4 Å². The second kappa shape index (κ2) is 12.7. The SMILES string of the molecule is COc1ccc(OC)c(COc2ccc(C=C3C(=O)N(c4ccc(C)c(C)c4)C(=S)N(c4ccc(C)c(C)c4)C3=O)cc2)c1. The molecule has 7 nitrogen and oxygen atoms in total. The van der Waals surface area contributed by atoms with Crippen LogP contribution in [0.15, 0.2) is 84.4 Å². The van der Waals surface area contributed by atoms with Gasteiger partial charge in [-0.1, -0.05) is 24.3 Å². The van der Waals surface area contributed by atoms with E-state index in [1.165, 1.54) is 9.80 Å². The van der Waals surface area contributed by atoms with Crippen molar-refractivity contribution in [1.29, 1.82) is 0 Å². The Kier molecular flexibility index (Phi) is 8.83. The van der Waals surface area contributed by atoms with Gasteiger partial charge in [0.25, 0.3) is 11.8 Å². The number of benzene rings is 4. The number of anilines is 2. The molecule has 8 heteroatoms. The Morgan fingerprint density at radius 3 is 1.70 bits per heavy atom. The Morgan fingerprint density at radius 1 is 0.659 bits per heavy atom. The maximum atomic E-state index is 14.0. The highest BCUT2D eigenvalue weighted by Crippen LogP contribution is 2.32. The zero-order valence-electron chi connectivity index (χ0n) is 25.6. The van der Waals surface area contributed by atoms with Gasteiger partial charge in [-0.3, -0.25) is 19.4 Å². The van der Waals surface area contributed by atoms with Crippen molar-refractivity contribution < 1.29 is 23.8 Å². The van der Waals surface area contributed by atoms with E-state index in [1.54, 1.807) is 44.6 Å². The van der Waals surface area contributed by atoms with Crippen molar-refractivity contribution in [2.75, 3.05) is 24.0 Å². The summed E-state index contributed by atoms with van der Waals surface area (Å²) in [6.07, 6.45) is 1.60. The van der Waals surface area contributed by atoms with Crippen LogP contribution >= 0.6 is 12.2 Å². The van der Waals surface area contributed by atoms with Crippen molar-refractivity contribution in [2.24, 2.45) is 0 Å². The Hall–Kier alpha value is -4.95. The smallest absolute Gasteiger partial charge is 0.270 e. The van der Waals surface area contributed by atoms with Crippen LogP contribution in [0.4, 0.5) is 11.4 Å². The minimum Gasteiger partial charge on any atom is -0.497 e. The maximum absolute atomic E-state index is 14.0. The Morgan fingerprint density at radius 2 is 1.20 bits per heavy atom. The average Bonchev–Trinajstić information content (AvgIpc) is 3.02. The summed E-state index contributed by atoms with van der Waals surface area (Å²) in [5.41, 5.74) is 6.93. The standard InChI is InChI=1S/C36H34N2O5S/c1-22-7-11-28(17-24(22)3)37-34(39)32(35(40)38(36(37)44)29-12-8-23(2)25(4)18-29)19-26-9-13-30(14-10-26)43-21-27-20-31(41-5)15-16-33(27)42-6/h7-20H,21H2,1-6H3. The highest BCUT2D eigenvalue weighted by molar-refractivity contribution is 7.81. The molecule has 1 saturated heterocycles. The van der Waals surface area contributed by atoms with Crippen LogP contribution in [0.5, 0.6) is 17.2 Å². The summed E-state index contributed by atoms with van der Waals surface area (Å²) in [6.45, 7) is 8.24. The van der Waals surface area contributed by atoms with Gasteiger partial charge in [0.15, 0.2) is 5.11 Å². The Bertz CT molecular complexity index is 1720. The molecule has 0 bridgehead atoms. The number of hydrogen-bond acceptors (Lipinski definition) is 6. The predicted octanol–water partition coefficient (Wildman–Crippen LogP) is 7.26. The zero-order valence-corrected chi connectivity index (χ0v) is 26.5. The number of nitrogens with zero attached hydrogens (tertiary/aromatic N) is 2. The second-order valence-corrected chi connectivity index (χ2v) is 11.1. The van der Waals surface area contributed by atoms with E-state index < -0.39 is 11.8 Å². The third-order valence-corrected chi connectivity index (χ3v) is 8.19. The number of rotatable bonds is 8. The summed E-state index contributed by atoms with van der Waals surface area (Å²) in [4.78, 5) is 30.8. The summed E-state index contributed by atoms with van der Waals surface area (Å²) >= 11 is 5.81. The van der Waals surface area contributed by atoms with Crippen LogP contribution in [-0.2, 0) is 16.2 Å². The second-order valence-electron chi connectivity index (χ2n) is 10.7. The van der Waals surface area contributed by atoms with Crippen molar-refractivity contribution in [2.45, 2.75) is 34.3 Å². The fourth-order valence-electron chi connectivity index (χ4n) is 4.90. The number of aryl methyl sites for hydroxylation is 4. The summed E-state index contributed by atoms with van der Waals surface area (Å²) in [5.74, 6) is 1.06. The molecule has 224 valence electrons. The molecule has 0 aromatic heterocycles. The highest BCUT2D eigenvalue weighted by atomic mass is 32.1. The monoisotopic (exact) mass is 606 g/mol. The van der Waals surface area contributed by atoms with Crippen LogP contribution in [-0.4, -0.2) is 31.1 Å². The number of carbonyl (C=O) groups is 2. The van der Waals surface area contributed by atoms with Crippen molar-refractivity contribution in [3.8, 4) is 17.2 Å². The van der Waals surface area contributed by atoms with Crippen LogP contribution in [0.2, 0.25) is 0 Å². The molecule has 4 aromatic carbocycles. The van der Waals surface area contributed by atoms with Crippen LogP contribution < -0.4 is 24.0 Å². The largest absolute Gasteiger partial charge is 0.497 e. The molecule has 0 saturated carbocycles. The summed E-state index contributed by atoms with van der Waals surface area (Å²) in [6, 6.07) is 24.1. The molecule has 1 fully saturated rings. The van der Waals surface area contributed by atoms with E-state index in [9.17, 15) is 9.59 Å². The molecule has 0 aliphatic carbocycles. The third kappa shape index (κ3) is 6.07. The lowest BCUT2D eigenvalue weighted by Crippen LogP contribution is -2.57. The lowest BCUT2D eigenvalue weighted by Gasteiger charge is -2.37. The topological polar surface area (TPSA) is 68.3 Å². The summed E-state index contributed by atoms with van der Waals surface area (Å²) in [7, 11) is 3.22. The zero-order chi connectivity index (χ0) is 31.5. The van der Waals surface area contributed by atoms with E-state index in [1.807, 2.05) is 82.3 Å². The Balaban J connectivity index is 1.48. The first-order valence-corrected chi connectivity index (χ1v) is 14.5. The number of ether oxygens (including phenoxy) is 3. The molecule has 0 N–H and O–H groups in total. The maximum Gasteiger partial charge on any atom is 0.270 e. The first-order valence-electron chi connectivity index (χ1n) is 14.1. The molecule has 1 aliphatic rings. The number of thiocarbonyl (C=S) groups is 1. The number of amides is 2. The molecule has 0 spiro atoms. The van der Waals surface area contributed by atoms with Crippen molar-refractivity contribution in [1.82, 2.24) is 0 Å². The van der Waals surface area contributed by atoms with E-state index in [4.69, 9.17) is 26.4 Å². The van der Waals surface area contributed by atoms with E-state index >= 15 is 0 Å². The van der Waals surface area contributed by atoms with Gasteiger partial charge < -0.3 is 14.2 Å². The molecule has 4 aromatic rings. The molecule has 0 atom stereocenters. The predicted molar refractivity (Wildman–Crippen MR) is 178 cm³/mol. The minimum atomic E-state index is -0.478. The van der Waals surface area contributed by atoms with Gasteiger partial charge in [0, 0.05) is 5.56 Å². The van der Waals surface area contributed by atoms with E-state index in [0.717, 1.165) is 27.8 Å². The fourth-order valence-corrected chi connectivity index (χ4v) is 5.27. The molecular formula is C36H34N2O5S. The fraction of sp³-hybridized carbons (Fsp3) is 0.194. The first-order chi connectivity index (χ1) is 21.1. The normalized spacial score (nSPS) is 13.3. The number of carbonyl (C=O) groups excluding carboxylic acids is 2. The van der Waals surface area contributed by atoms with Gasteiger partial charge in [-0.2, -0.15) is 0 Å². The number of hydrogen-bond donors (Lipinski definition) is 0. The van der Waals surface area contributed by atoms with Gasteiger partial charge in [-0.15, -0.1) is 0 Å². The number of methoxy groups -OCH3 is 2. The minimum absolute atomic E-state index is 0.00448. The van der Waals surface area contributed by atoms with E-state index in [-0.39, 0.29) is 17.3 Å². The van der Waals surface area contributed by atoms with Crippen LogP contribution in [0, 0.1) is 27.7 Å². The van der Waals surface area contributed by atoms with E-state index in [0.29, 0.717) is 34.2 Å². The molecule has 1 aliphatic heterocycles.